The van der Waals surface area contributed by atoms with Gasteiger partial charge in [0.1, 0.15) is 13.2 Å². The van der Waals surface area contributed by atoms with E-state index in [0.717, 1.165) is 26.2 Å². The van der Waals surface area contributed by atoms with Gasteiger partial charge in [-0.15, -0.1) is 0 Å². The number of ketones is 1. The molecular weight excluding hydrogens is 327 g/mol. The van der Waals surface area contributed by atoms with Crippen LogP contribution < -0.4 is 9.47 Å². The number of nitrogens with zero attached hydrogens (tertiary/aromatic N) is 2. The predicted octanol–water partition coefficient (Wildman–Crippen LogP) is 2.19. The summed E-state index contributed by atoms with van der Waals surface area (Å²) in [5, 5.41) is 0.553. The van der Waals surface area contributed by atoms with Crippen molar-refractivity contribution in [1.82, 2.24) is 9.80 Å². The Balaban J connectivity index is 1.84. The maximum Gasteiger partial charge on any atom is 0.182 e. The van der Waals surface area contributed by atoms with Gasteiger partial charge >= 0.3 is 0 Å². The lowest BCUT2D eigenvalue weighted by Gasteiger charge is -2.32. The second-order valence-corrected chi connectivity index (χ2v) is 6.36. The van der Waals surface area contributed by atoms with Crippen LogP contribution in [0.25, 0.3) is 0 Å². The minimum atomic E-state index is -0.0844. The van der Waals surface area contributed by atoms with E-state index in [4.69, 9.17) is 32.7 Å². The van der Waals surface area contributed by atoms with Gasteiger partial charge in [0, 0.05) is 32.2 Å². The number of carbonyl (C=O) groups is 1. The summed E-state index contributed by atoms with van der Waals surface area (Å²) in [4.78, 5) is 17.1. The highest BCUT2D eigenvalue weighted by atomic mass is 35.5. The molecule has 0 saturated carbocycles. The quantitative estimate of drug-likeness (QED) is 0.786. The molecule has 22 heavy (non-hydrogen) atoms. The fourth-order valence-corrected chi connectivity index (χ4v) is 3.11. The maximum absolute atomic E-state index is 12.7. The average molecular weight is 345 g/mol. The molecule has 0 unspecified atom stereocenters. The first kappa shape index (κ1) is 15.9. The van der Waals surface area contributed by atoms with E-state index in [0.29, 0.717) is 41.8 Å². The van der Waals surface area contributed by atoms with Crippen molar-refractivity contribution in [2.45, 2.75) is 0 Å². The number of benzene rings is 1. The van der Waals surface area contributed by atoms with Crippen LogP contribution in [0.15, 0.2) is 6.07 Å². The molecule has 0 N–H and O–H groups in total. The van der Waals surface area contributed by atoms with Gasteiger partial charge < -0.3 is 14.4 Å². The molecule has 2 aliphatic rings. The Kier molecular flexibility index (Phi) is 4.78. The lowest BCUT2D eigenvalue weighted by atomic mass is 10.1. The van der Waals surface area contributed by atoms with Crippen LogP contribution in [-0.4, -0.2) is 68.6 Å². The second kappa shape index (κ2) is 6.62. The van der Waals surface area contributed by atoms with Gasteiger partial charge in [0.15, 0.2) is 17.3 Å². The van der Waals surface area contributed by atoms with Gasteiger partial charge in [0.05, 0.1) is 22.2 Å². The van der Waals surface area contributed by atoms with Crippen LogP contribution in [0.5, 0.6) is 11.5 Å². The van der Waals surface area contributed by atoms with Crippen LogP contribution >= 0.6 is 23.2 Å². The van der Waals surface area contributed by atoms with E-state index in [-0.39, 0.29) is 10.8 Å². The monoisotopic (exact) mass is 344 g/mol. The maximum atomic E-state index is 12.7. The van der Waals surface area contributed by atoms with Crippen molar-refractivity contribution in [3.05, 3.63) is 21.7 Å². The van der Waals surface area contributed by atoms with Gasteiger partial charge in [-0.05, 0) is 7.05 Å². The number of halogens is 2. The Labute approximate surface area is 139 Å². The smallest absolute Gasteiger partial charge is 0.182 e. The van der Waals surface area contributed by atoms with E-state index in [9.17, 15) is 4.79 Å². The fourth-order valence-electron chi connectivity index (χ4n) is 2.67. The number of likely N-dealkylation sites (N-methyl/N-ethyl adjacent to an activating group) is 1. The number of fused-ring (bicyclic) bond motifs is 1. The van der Waals surface area contributed by atoms with Crippen molar-refractivity contribution in [2.24, 2.45) is 0 Å². The van der Waals surface area contributed by atoms with E-state index < -0.39 is 0 Å². The van der Waals surface area contributed by atoms with Crippen LogP contribution in [0.2, 0.25) is 10.0 Å². The molecule has 1 fully saturated rings. The number of piperazine rings is 1. The Morgan fingerprint density at radius 1 is 1.18 bits per heavy atom. The molecule has 0 radical (unpaired) electrons. The minimum absolute atomic E-state index is 0.0844. The highest BCUT2D eigenvalue weighted by Crippen LogP contribution is 2.42. The highest BCUT2D eigenvalue weighted by Gasteiger charge is 2.28. The first-order valence-corrected chi connectivity index (χ1v) is 8.03. The zero-order valence-electron chi connectivity index (χ0n) is 12.4. The zero-order chi connectivity index (χ0) is 15.7. The molecule has 1 aromatic rings. The third-order valence-corrected chi connectivity index (χ3v) is 4.75. The number of carbonyl (C=O) groups excluding carboxylic acids is 1. The molecule has 2 aliphatic heterocycles. The Morgan fingerprint density at radius 2 is 1.86 bits per heavy atom. The molecule has 0 aliphatic carbocycles. The van der Waals surface area contributed by atoms with Crippen molar-refractivity contribution in [1.29, 1.82) is 0 Å². The fraction of sp³-hybridized carbons (Fsp3) is 0.533. The third kappa shape index (κ3) is 3.18. The van der Waals surface area contributed by atoms with Gasteiger partial charge in [-0.3, -0.25) is 9.69 Å². The molecule has 3 rings (SSSR count). The van der Waals surface area contributed by atoms with Crippen molar-refractivity contribution in [3.63, 3.8) is 0 Å². The van der Waals surface area contributed by atoms with Crippen LogP contribution in [0.4, 0.5) is 0 Å². The van der Waals surface area contributed by atoms with Crippen molar-refractivity contribution >= 4 is 29.0 Å². The summed E-state index contributed by atoms with van der Waals surface area (Å²) in [5.41, 5.74) is 0.336. The summed E-state index contributed by atoms with van der Waals surface area (Å²) in [6.45, 7) is 4.78. The molecule has 2 heterocycles. The Morgan fingerprint density at radius 3 is 2.59 bits per heavy atom. The van der Waals surface area contributed by atoms with E-state index >= 15 is 0 Å². The molecule has 1 saturated heterocycles. The van der Waals surface area contributed by atoms with E-state index in [1.54, 1.807) is 6.07 Å². The van der Waals surface area contributed by atoms with Crippen molar-refractivity contribution in [3.8, 4) is 11.5 Å². The summed E-state index contributed by atoms with van der Waals surface area (Å²) in [7, 11) is 2.08. The Bertz CT molecular complexity index is 587. The molecule has 1 aromatic carbocycles. The van der Waals surface area contributed by atoms with Gasteiger partial charge in [0.25, 0.3) is 0 Å². The summed E-state index contributed by atoms with van der Waals surface area (Å²) in [6, 6.07) is 1.60. The number of rotatable bonds is 3. The largest absolute Gasteiger partial charge is 0.486 e. The van der Waals surface area contributed by atoms with Crippen LogP contribution in [0, 0.1) is 0 Å². The second-order valence-electron chi connectivity index (χ2n) is 5.57. The Hall–Kier alpha value is -1.01. The first-order valence-electron chi connectivity index (χ1n) is 7.28. The summed E-state index contributed by atoms with van der Waals surface area (Å²) < 4.78 is 11.1. The van der Waals surface area contributed by atoms with Gasteiger partial charge in [0.2, 0.25) is 0 Å². The zero-order valence-corrected chi connectivity index (χ0v) is 13.9. The SMILES string of the molecule is CN1CCN(CC(=O)c2c(Cl)c(Cl)cc3c2OCCO3)CC1. The number of ether oxygens (including phenoxy) is 2. The van der Waals surface area contributed by atoms with Gasteiger partial charge in [-0.2, -0.15) is 0 Å². The van der Waals surface area contributed by atoms with Crippen LogP contribution in [0.1, 0.15) is 10.4 Å². The molecule has 5 nitrogen and oxygen atoms in total. The summed E-state index contributed by atoms with van der Waals surface area (Å²) in [6.07, 6.45) is 0. The standard InChI is InChI=1S/C15H18Cl2N2O3/c1-18-2-4-19(5-3-18)9-11(20)13-14(17)10(16)8-12-15(13)22-7-6-21-12/h8H,2-7,9H2,1H3. The number of hydrogen-bond acceptors (Lipinski definition) is 5. The molecule has 7 heteroatoms. The highest BCUT2D eigenvalue weighted by molar-refractivity contribution is 6.44. The molecule has 120 valence electrons. The van der Waals surface area contributed by atoms with Crippen LogP contribution in [-0.2, 0) is 0 Å². The first-order chi connectivity index (χ1) is 10.6. The summed E-state index contributed by atoms with van der Waals surface area (Å²) in [5.74, 6) is 0.820. The van der Waals surface area contributed by atoms with Crippen molar-refractivity contribution in [2.75, 3.05) is 53.0 Å². The van der Waals surface area contributed by atoms with Crippen molar-refractivity contribution < 1.29 is 14.3 Å². The van der Waals surface area contributed by atoms with E-state index in [1.165, 1.54) is 0 Å². The van der Waals surface area contributed by atoms with Crippen LogP contribution in [0.3, 0.4) is 0 Å². The lowest BCUT2D eigenvalue weighted by Crippen LogP contribution is -2.46. The molecule has 0 aromatic heterocycles. The number of Topliss-reactive ketones (excluding diaryl/α,β-unsaturated/α-hetero) is 1. The molecular formula is C15H18Cl2N2O3. The third-order valence-electron chi connectivity index (χ3n) is 3.97. The summed E-state index contributed by atoms with van der Waals surface area (Å²) >= 11 is 12.4. The number of hydrogen-bond donors (Lipinski definition) is 0. The molecule has 0 bridgehead atoms. The predicted molar refractivity (Wildman–Crippen MR) is 85.7 cm³/mol. The molecule has 0 spiro atoms. The minimum Gasteiger partial charge on any atom is -0.486 e. The topological polar surface area (TPSA) is 42.0 Å². The lowest BCUT2D eigenvalue weighted by molar-refractivity contribution is 0.0867. The van der Waals surface area contributed by atoms with E-state index in [1.807, 2.05) is 0 Å². The normalized spacial score (nSPS) is 19.2. The molecule has 0 atom stereocenters. The van der Waals surface area contributed by atoms with Gasteiger partial charge in [-0.1, -0.05) is 23.2 Å². The average Bonchev–Trinajstić information content (AvgIpc) is 2.50. The molecule has 0 amide bonds. The van der Waals surface area contributed by atoms with E-state index in [2.05, 4.69) is 16.8 Å². The van der Waals surface area contributed by atoms with Gasteiger partial charge in [-0.25, -0.2) is 0 Å².